The molecule has 0 bridgehead atoms. The van der Waals surface area contributed by atoms with Gasteiger partial charge in [0.2, 0.25) is 5.91 Å². The molecule has 0 saturated carbocycles. The van der Waals surface area contributed by atoms with Crippen LogP contribution in [-0.2, 0) is 17.8 Å². The molecule has 2 aromatic carbocycles. The Kier molecular flexibility index (Phi) is 5.52. The minimum absolute atomic E-state index is 0.0912. The quantitative estimate of drug-likeness (QED) is 0.855. The summed E-state index contributed by atoms with van der Waals surface area (Å²) in [5.41, 5.74) is 9.45. The maximum Gasteiger partial charge on any atom is 0.237 e. The third-order valence-corrected chi connectivity index (χ3v) is 3.51. The minimum Gasteiger partial charge on any atom is -0.351 e. The molecule has 0 radical (unpaired) electrons. The van der Waals surface area contributed by atoms with Gasteiger partial charge in [-0.25, -0.2) is 0 Å². The molecule has 1 unspecified atom stereocenters. The Balaban J connectivity index is 1.76. The molecule has 0 spiro atoms. The summed E-state index contributed by atoms with van der Waals surface area (Å²) in [5, 5.41) is 2.89. The number of aryl methyl sites for hydroxylation is 2. The molecule has 3 nitrogen and oxygen atoms in total. The van der Waals surface area contributed by atoms with Gasteiger partial charge >= 0.3 is 0 Å². The van der Waals surface area contributed by atoms with E-state index in [4.69, 9.17) is 5.73 Å². The first kappa shape index (κ1) is 15.3. The lowest BCUT2D eigenvalue weighted by Gasteiger charge is -2.12. The van der Waals surface area contributed by atoms with E-state index < -0.39 is 6.04 Å². The van der Waals surface area contributed by atoms with Crippen molar-refractivity contribution in [3.05, 3.63) is 71.3 Å². The van der Waals surface area contributed by atoms with E-state index in [0.717, 1.165) is 12.0 Å². The molecule has 0 heterocycles. The van der Waals surface area contributed by atoms with Crippen molar-refractivity contribution in [3.8, 4) is 0 Å². The predicted molar refractivity (Wildman–Crippen MR) is 85.8 cm³/mol. The molecule has 0 aliphatic carbocycles. The average Bonchev–Trinajstić information content (AvgIpc) is 2.52. The van der Waals surface area contributed by atoms with Gasteiger partial charge in [0.1, 0.15) is 0 Å². The fraction of sp³-hybridized carbons (Fsp3) is 0.278. The van der Waals surface area contributed by atoms with Gasteiger partial charge in [0.05, 0.1) is 6.04 Å². The Bertz CT molecular complexity index is 564. The molecular formula is C18H22N2O. The maximum atomic E-state index is 12.0. The van der Waals surface area contributed by atoms with Crippen LogP contribution in [0.3, 0.4) is 0 Å². The number of amides is 1. The van der Waals surface area contributed by atoms with Crippen LogP contribution in [0.15, 0.2) is 54.6 Å². The summed E-state index contributed by atoms with van der Waals surface area (Å²) in [4.78, 5) is 12.0. The van der Waals surface area contributed by atoms with Crippen molar-refractivity contribution in [1.29, 1.82) is 0 Å². The molecule has 0 aliphatic heterocycles. The lowest BCUT2D eigenvalue weighted by Crippen LogP contribution is -2.40. The second kappa shape index (κ2) is 7.60. The maximum absolute atomic E-state index is 12.0. The summed E-state index contributed by atoms with van der Waals surface area (Å²) in [6.07, 6.45) is 1.48. The van der Waals surface area contributed by atoms with Crippen molar-refractivity contribution in [1.82, 2.24) is 5.32 Å². The van der Waals surface area contributed by atoms with E-state index in [-0.39, 0.29) is 5.91 Å². The van der Waals surface area contributed by atoms with Crippen molar-refractivity contribution >= 4 is 5.91 Å². The van der Waals surface area contributed by atoms with Crippen molar-refractivity contribution in [2.75, 3.05) is 0 Å². The highest BCUT2D eigenvalue weighted by molar-refractivity contribution is 5.81. The van der Waals surface area contributed by atoms with Gasteiger partial charge in [-0.05, 0) is 30.9 Å². The van der Waals surface area contributed by atoms with Crippen molar-refractivity contribution < 1.29 is 4.79 Å². The van der Waals surface area contributed by atoms with Gasteiger partial charge in [-0.2, -0.15) is 0 Å². The smallest absolute Gasteiger partial charge is 0.237 e. The third-order valence-electron chi connectivity index (χ3n) is 3.51. The molecule has 3 heteroatoms. The Morgan fingerprint density at radius 3 is 2.38 bits per heavy atom. The fourth-order valence-corrected chi connectivity index (χ4v) is 2.12. The van der Waals surface area contributed by atoms with Crippen LogP contribution in [0.1, 0.15) is 23.1 Å². The molecule has 0 fully saturated rings. The highest BCUT2D eigenvalue weighted by Gasteiger charge is 2.12. The lowest BCUT2D eigenvalue weighted by atomic mass is 10.1. The van der Waals surface area contributed by atoms with Crippen molar-refractivity contribution in [2.24, 2.45) is 5.73 Å². The van der Waals surface area contributed by atoms with Crippen LogP contribution >= 0.6 is 0 Å². The molecule has 0 aliphatic rings. The van der Waals surface area contributed by atoms with Crippen LogP contribution in [0.25, 0.3) is 0 Å². The third kappa shape index (κ3) is 5.04. The summed E-state index contributed by atoms with van der Waals surface area (Å²) in [6, 6.07) is 17.7. The highest BCUT2D eigenvalue weighted by Crippen LogP contribution is 2.05. The standard InChI is InChI=1S/C18H22N2O/c1-14-7-9-16(10-8-14)13-20-18(21)17(19)12-11-15-5-3-2-4-6-15/h2-10,17H,11-13,19H2,1H3,(H,20,21). The molecule has 2 aromatic rings. The zero-order valence-electron chi connectivity index (χ0n) is 12.4. The number of rotatable bonds is 6. The van der Waals surface area contributed by atoms with E-state index in [9.17, 15) is 4.79 Å². The second-order valence-electron chi connectivity index (χ2n) is 5.33. The van der Waals surface area contributed by atoms with Crippen LogP contribution in [0.2, 0.25) is 0 Å². The molecule has 0 aromatic heterocycles. The SMILES string of the molecule is Cc1ccc(CNC(=O)C(N)CCc2ccccc2)cc1. The van der Waals surface area contributed by atoms with E-state index >= 15 is 0 Å². The summed E-state index contributed by atoms with van der Waals surface area (Å²) in [5.74, 6) is -0.0912. The predicted octanol–water partition coefficient (Wildman–Crippen LogP) is 2.57. The molecule has 2 rings (SSSR count). The van der Waals surface area contributed by atoms with E-state index in [0.29, 0.717) is 13.0 Å². The highest BCUT2D eigenvalue weighted by atomic mass is 16.2. The van der Waals surface area contributed by atoms with Gasteiger partial charge < -0.3 is 11.1 Å². The van der Waals surface area contributed by atoms with Crippen LogP contribution in [0, 0.1) is 6.92 Å². The van der Waals surface area contributed by atoms with E-state index in [1.165, 1.54) is 11.1 Å². The summed E-state index contributed by atoms with van der Waals surface area (Å²) in [6.45, 7) is 2.57. The number of carbonyl (C=O) groups is 1. The number of benzene rings is 2. The largest absolute Gasteiger partial charge is 0.351 e. The van der Waals surface area contributed by atoms with E-state index in [1.807, 2.05) is 49.4 Å². The Morgan fingerprint density at radius 1 is 1.05 bits per heavy atom. The van der Waals surface area contributed by atoms with Gasteiger partial charge in [-0.1, -0.05) is 60.2 Å². The number of carbonyl (C=O) groups excluding carboxylic acids is 1. The first-order valence-electron chi connectivity index (χ1n) is 7.28. The van der Waals surface area contributed by atoms with Crippen LogP contribution in [-0.4, -0.2) is 11.9 Å². The van der Waals surface area contributed by atoms with Gasteiger partial charge in [0.15, 0.2) is 0 Å². The molecule has 3 N–H and O–H groups in total. The van der Waals surface area contributed by atoms with Gasteiger partial charge in [-0.15, -0.1) is 0 Å². The second-order valence-corrected chi connectivity index (χ2v) is 5.33. The minimum atomic E-state index is -0.462. The van der Waals surface area contributed by atoms with E-state index in [2.05, 4.69) is 17.4 Å². The van der Waals surface area contributed by atoms with Crippen LogP contribution in [0.4, 0.5) is 0 Å². The van der Waals surface area contributed by atoms with Crippen LogP contribution in [0.5, 0.6) is 0 Å². The average molecular weight is 282 g/mol. The van der Waals surface area contributed by atoms with Crippen molar-refractivity contribution in [3.63, 3.8) is 0 Å². The summed E-state index contributed by atoms with van der Waals surface area (Å²) >= 11 is 0. The number of hydrogen-bond donors (Lipinski definition) is 2. The molecule has 1 amide bonds. The zero-order chi connectivity index (χ0) is 15.1. The number of hydrogen-bond acceptors (Lipinski definition) is 2. The zero-order valence-corrected chi connectivity index (χ0v) is 12.4. The van der Waals surface area contributed by atoms with E-state index in [1.54, 1.807) is 0 Å². The molecule has 1 atom stereocenters. The number of nitrogens with one attached hydrogen (secondary N) is 1. The molecule has 21 heavy (non-hydrogen) atoms. The Morgan fingerprint density at radius 2 is 1.71 bits per heavy atom. The number of nitrogens with two attached hydrogens (primary N) is 1. The van der Waals surface area contributed by atoms with Crippen molar-refractivity contribution in [2.45, 2.75) is 32.4 Å². The summed E-state index contributed by atoms with van der Waals surface area (Å²) < 4.78 is 0. The molecular weight excluding hydrogens is 260 g/mol. The van der Waals surface area contributed by atoms with Crippen LogP contribution < -0.4 is 11.1 Å². The monoisotopic (exact) mass is 282 g/mol. The topological polar surface area (TPSA) is 55.1 Å². The van der Waals surface area contributed by atoms with Gasteiger partial charge in [0, 0.05) is 6.54 Å². The Hall–Kier alpha value is -2.13. The fourth-order valence-electron chi connectivity index (χ4n) is 2.12. The summed E-state index contributed by atoms with van der Waals surface area (Å²) in [7, 11) is 0. The Labute approximate surface area is 126 Å². The van der Waals surface area contributed by atoms with Gasteiger partial charge in [0.25, 0.3) is 0 Å². The normalized spacial score (nSPS) is 11.9. The molecule has 0 saturated heterocycles. The molecule has 110 valence electrons. The first-order chi connectivity index (χ1) is 10.1. The first-order valence-corrected chi connectivity index (χ1v) is 7.28. The lowest BCUT2D eigenvalue weighted by molar-refractivity contribution is -0.122. The van der Waals surface area contributed by atoms with Gasteiger partial charge in [-0.3, -0.25) is 4.79 Å².